The monoisotopic (exact) mass is 245 g/mol. The van der Waals surface area contributed by atoms with Crippen LogP contribution in [0.3, 0.4) is 0 Å². The molecule has 8 heteroatoms. The van der Waals surface area contributed by atoms with Crippen LogP contribution >= 0.6 is 0 Å². The van der Waals surface area contributed by atoms with E-state index in [1.165, 1.54) is 6.07 Å². The average molecular weight is 245 g/mol. The molecule has 0 unspecified atom stereocenters. The SMILES string of the molecule is O=C([O-])Cc1nc(N2CCOCC2)cc(=O)[nH]1.[Li+]. The minimum Gasteiger partial charge on any atom is -0.550 e. The van der Waals surface area contributed by atoms with Crippen LogP contribution in [0.25, 0.3) is 0 Å². The van der Waals surface area contributed by atoms with Crippen LogP contribution in [0.4, 0.5) is 5.82 Å². The van der Waals surface area contributed by atoms with Crippen molar-refractivity contribution in [2.75, 3.05) is 31.2 Å². The van der Waals surface area contributed by atoms with Gasteiger partial charge in [-0.1, -0.05) is 0 Å². The molecule has 0 bridgehead atoms. The molecular weight excluding hydrogens is 233 g/mol. The molecule has 0 saturated carbocycles. The maximum atomic E-state index is 11.4. The van der Waals surface area contributed by atoms with Crippen molar-refractivity contribution in [2.24, 2.45) is 0 Å². The van der Waals surface area contributed by atoms with E-state index in [1.807, 2.05) is 4.90 Å². The summed E-state index contributed by atoms with van der Waals surface area (Å²) >= 11 is 0. The van der Waals surface area contributed by atoms with E-state index in [2.05, 4.69) is 9.97 Å². The number of hydrogen-bond acceptors (Lipinski definition) is 6. The Morgan fingerprint density at radius 3 is 2.78 bits per heavy atom. The number of rotatable bonds is 3. The zero-order chi connectivity index (χ0) is 12.3. The summed E-state index contributed by atoms with van der Waals surface area (Å²) in [6, 6.07) is 1.35. The fraction of sp³-hybridized carbons (Fsp3) is 0.500. The summed E-state index contributed by atoms with van der Waals surface area (Å²) in [5.74, 6) is -0.681. The van der Waals surface area contributed by atoms with Gasteiger partial charge < -0.3 is 24.5 Å². The van der Waals surface area contributed by atoms with Gasteiger partial charge in [-0.2, -0.15) is 0 Å². The van der Waals surface area contributed by atoms with Gasteiger partial charge in [0.05, 0.1) is 13.2 Å². The molecule has 1 aliphatic heterocycles. The predicted octanol–water partition coefficient (Wildman–Crippen LogP) is -5.10. The van der Waals surface area contributed by atoms with E-state index in [1.54, 1.807) is 0 Å². The number of morpholine rings is 1. The second kappa shape index (κ2) is 6.59. The number of hydrogen-bond donors (Lipinski definition) is 1. The summed E-state index contributed by atoms with van der Waals surface area (Å²) in [5.41, 5.74) is -0.363. The van der Waals surface area contributed by atoms with Crippen molar-refractivity contribution in [3.63, 3.8) is 0 Å². The Bertz CT molecular complexity index is 470. The quantitative estimate of drug-likeness (QED) is 0.535. The van der Waals surface area contributed by atoms with Crippen molar-refractivity contribution in [3.05, 3.63) is 22.2 Å². The van der Waals surface area contributed by atoms with E-state index in [0.717, 1.165) is 0 Å². The van der Waals surface area contributed by atoms with Crippen molar-refractivity contribution in [3.8, 4) is 0 Å². The number of carboxylic acids is 1. The van der Waals surface area contributed by atoms with Crippen molar-refractivity contribution in [1.29, 1.82) is 0 Å². The molecule has 0 aromatic carbocycles. The van der Waals surface area contributed by atoms with Crippen molar-refractivity contribution >= 4 is 11.8 Å². The summed E-state index contributed by atoms with van der Waals surface area (Å²) in [7, 11) is 0. The molecule has 1 aliphatic rings. The van der Waals surface area contributed by atoms with Gasteiger partial charge in [-0.15, -0.1) is 0 Å². The van der Waals surface area contributed by atoms with Gasteiger partial charge in [0.15, 0.2) is 0 Å². The fourth-order valence-corrected chi connectivity index (χ4v) is 1.67. The summed E-state index contributed by atoms with van der Waals surface area (Å²) < 4.78 is 5.19. The van der Waals surface area contributed by atoms with Gasteiger partial charge in [0.25, 0.3) is 5.56 Å². The molecule has 2 heterocycles. The van der Waals surface area contributed by atoms with Crippen molar-refractivity contribution in [1.82, 2.24) is 9.97 Å². The number of carbonyl (C=O) groups excluding carboxylic acids is 1. The van der Waals surface area contributed by atoms with Crippen molar-refractivity contribution in [2.45, 2.75) is 6.42 Å². The molecule has 0 atom stereocenters. The first kappa shape index (κ1) is 14.8. The van der Waals surface area contributed by atoms with E-state index in [0.29, 0.717) is 32.1 Å². The molecule has 7 nitrogen and oxygen atoms in total. The Labute approximate surface area is 115 Å². The van der Waals surface area contributed by atoms with Gasteiger partial charge in [-0.3, -0.25) is 4.79 Å². The average Bonchev–Trinajstić information content (AvgIpc) is 2.28. The van der Waals surface area contributed by atoms with Crippen LogP contribution in [0, 0.1) is 0 Å². The second-order valence-corrected chi connectivity index (χ2v) is 3.70. The van der Waals surface area contributed by atoms with Gasteiger partial charge in [-0.05, 0) is 0 Å². The molecule has 1 aromatic rings. The van der Waals surface area contributed by atoms with Gasteiger partial charge in [0.2, 0.25) is 0 Å². The molecule has 1 aromatic heterocycles. The third-order valence-electron chi connectivity index (χ3n) is 2.42. The van der Waals surface area contributed by atoms with Crippen LogP contribution in [0.2, 0.25) is 0 Å². The van der Waals surface area contributed by atoms with Gasteiger partial charge >= 0.3 is 18.9 Å². The van der Waals surface area contributed by atoms with Gasteiger partial charge in [0.1, 0.15) is 11.6 Å². The number of aromatic nitrogens is 2. The standard InChI is InChI=1S/C10H13N3O4.Li/c14-9-6-8(13-1-3-17-4-2-13)11-7(12-9)5-10(15)16;/h6H,1-5H2,(H,15,16)(H,11,12,14);/q;+1/p-1. The third kappa shape index (κ3) is 3.87. The number of nitrogens with zero attached hydrogens (tertiary/aromatic N) is 2. The van der Waals surface area contributed by atoms with Crippen LogP contribution in [-0.2, 0) is 16.0 Å². The van der Waals surface area contributed by atoms with E-state index in [9.17, 15) is 14.7 Å². The molecular formula is C10H12LiN3O4. The Hall–Kier alpha value is -1.29. The maximum Gasteiger partial charge on any atom is 1.00 e. The minimum absolute atomic E-state index is 0. The summed E-state index contributed by atoms with van der Waals surface area (Å²) in [4.78, 5) is 30.2. The first-order valence-corrected chi connectivity index (χ1v) is 5.28. The predicted molar refractivity (Wildman–Crippen MR) is 56.6 cm³/mol. The smallest absolute Gasteiger partial charge is 0.550 e. The van der Waals surface area contributed by atoms with Gasteiger partial charge in [0, 0.05) is 31.5 Å². The summed E-state index contributed by atoms with van der Waals surface area (Å²) in [6.07, 6.45) is -0.395. The first-order valence-electron chi connectivity index (χ1n) is 5.28. The van der Waals surface area contributed by atoms with E-state index >= 15 is 0 Å². The van der Waals surface area contributed by atoms with E-state index in [4.69, 9.17) is 4.74 Å². The Morgan fingerprint density at radius 1 is 1.50 bits per heavy atom. The van der Waals surface area contributed by atoms with Crippen molar-refractivity contribution < 1.29 is 33.5 Å². The minimum atomic E-state index is -1.27. The molecule has 0 spiro atoms. The van der Waals surface area contributed by atoms with E-state index in [-0.39, 0.29) is 30.2 Å². The van der Waals surface area contributed by atoms with Crippen LogP contribution in [-0.4, -0.2) is 42.2 Å². The largest absolute Gasteiger partial charge is 1.00 e. The number of nitrogens with one attached hydrogen (secondary N) is 1. The number of ether oxygens (including phenoxy) is 1. The number of H-pyrrole nitrogens is 1. The van der Waals surface area contributed by atoms with Crippen LogP contribution in [0.5, 0.6) is 0 Å². The molecule has 1 fully saturated rings. The number of carbonyl (C=O) groups is 1. The van der Waals surface area contributed by atoms with Crippen LogP contribution in [0.1, 0.15) is 5.82 Å². The normalized spacial score (nSPS) is 15.0. The first-order chi connectivity index (χ1) is 8.15. The molecule has 1 N–H and O–H groups in total. The zero-order valence-corrected chi connectivity index (χ0v) is 10.1. The topological polar surface area (TPSA) is 98.3 Å². The number of aliphatic carboxylic acids is 1. The summed E-state index contributed by atoms with van der Waals surface area (Å²) in [6.45, 7) is 2.43. The van der Waals surface area contributed by atoms with E-state index < -0.39 is 12.4 Å². The number of aromatic amines is 1. The van der Waals surface area contributed by atoms with Crippen LogP contribution < -0.4 is 34.4 Å². The Morgan fingerprint density at radius 2 is 2.17 bits per heavy atom. The molecule has 0 amide bonds. The molecule has 92 valence electrons. The molecule has 2 rings (SSSR count). The zero-order valence-electron chi connectivity index (χ0n) is 10.1. The summed E-state index contributed by atoms with van der Waals surface area (Å²) in [5, 5.41) is 10.5. The van der Waals surface area contributed by atoms with Crippen LogP contribution in [0.15, 0.2) is 10.9 Å². The Kier molecular flexibility index (Phi) is 5.41. The fourth-order valence-electron chi connectivity index (χ4n) is 1.67. The maximum absolute atomic E-state index is 11.4. The molecule has 0 radical (unpaired) electrons. The number of anilines is 1. The second-order valence-electron chi connectivity index (χ2n) is 3.70. The molecule has 0 aliphatic carbocycles. The molecule has 1 saturated heterocycles. The third-order valence-corrected chi connectivity index (χ3v) is 2.42. The van der Waals surface area contributed by atoms with Gasteiger partial charge in [-0.25, -0.2) is 4.98 Å². The number of carboxylic acid groups (broad SMARTS) is 1. The Balaban J connectivity index is 0.00000162. The molecule has 18 heavy (non-hydrogen) atoms.